The van der Waals surface area contributed by atoms with E-state index in [2.05, 4.69) is 36.5 Å². The molecule has 2 aliphatic rings. The van der Waals surface area contributed by atoms with Crippen molar-refractivity contribution in [3.63, 3.8) is 0 Å². The van der Waals surface area contributed by atoms with Gasteiger partial charge in [0, 0.05) is 11.1 Å². The largest absolute Gasteiger partial charge is 0.314 e. The van der Waals surface area contributed by atoms with E-state index in [4.69, 9.17) is 11.6 Å². The van der Waals surface area contributed by atoms with Crippen molar-refractivity contribution in [1.82, 2.24) is 5.32 Å². The Morgan fingerprint density at radius 2 is 1.85 bits per heavy atom. The Hall–Kier alpha value is -0.530. The first-order chi connectivity index (χ1) is 9.76. The second kappa shape index (κ2) is 6.49. The molecule has 3 atom stereocenters. The molecule has 0 saturated heterocycles. The Kier molecular flexibility index (Phi) is 4.68. The van der Waals surface area contributed by atoms with Gasteiger partial charge in [-0.1, -0.05) is 43.5 Å². The summed E-state index contributed by atoms with van der Waals surface area (Å²) in [6.45, 7) is 3.54. The van der Waals surface area contributed by atoms with Crippen LogP contribution < -0.4 is 5.32 Å². The normalized spacial score (nSPS) is 30.4. The fourth-order valence-corrected chi connectivity index (χ4v) is 3.79. The van der Waals surface area contributed by atoms with E-state index in [9.17, 15) is 0 Å². The number of nitrogens with one attached hydrogen (secondary N) is 1. The van der Waals surface area contributed by atoms with Gasteiger partial charge in [-0.3, -0.25) is 0 Å². The zero-order chi connectivity index (χ0) is 13.9. The first-order valence-electron chi connectivity index (χ1n) is 8.25. The van der Waals surface area contributed by atoms with Crippen molar-refractivity contribution in [3.05, 3.63) is 34.9 Å². The van der Waals surface area contributed by atoms with Crippen LogP contribution in [0.2, 0.25) is 5.02 Å². The lowest BCUT2D eigenvalue weighted by atomic mass is 9.70. The third-order valence-electron chi connectivity index (χ3n) is 5.22. The van der Waals surface area contributed by atoms with E-state index >= 15 is 0 Å². The van der Waals surface area contributed by atoms with Gasteiger partial charge < -0.3 is 5.32 Å². The number of hydrogen-bond acceptors (Lipinski definition) is 1. The van der Waals surface area contributed by atoms with Gasteiger partial charge in [0.1, 0.15) is 0 Å². The lowest BCUT2D eigenvalue weighted by Gasteiger charge is -2.36. The van der Waals surface area contributed by atoms with Crippen LogP contribution in [0.25, 0.3) is 0 Å². The summed E-state index contributed by atoms with van der Waals surface area (Å²) >= 11 is 6.04. The lowest BCUT2D eigenvalue weighted by molar-refractivity contribution is 0.225. The zero-order valence-electron chi connectivity index (χ0n) is 12.4. The molecule has 0 radical (unpaired) electrons. The molecule has 1 nitrogen and oxygen atoms in total. The Balaban J connectivity index is 1.70. The third-order valence-corrected chi connectivity index (χ3v) is 5.48. The smallest absolute Gasteiger partial charge is 0.0406 e. The van der Waals surface area contributed by atoms with Crippen LogP contribution in [-0.4, -0.2) is 12.6 Å². The monoisotopic (exact) mass is 291 g/mol. The molecule has 2 aliphatic carbocycles. The Morgan fingerprint density at radius 1 is 1.10 bits per heavy atom. The molecule has 2 saturated carbocycles. The molecule has 3 unspecified atom stereocenters. The number of benzene rings is 1. The van der Waals surface area contributed by atoms with Gasteiger partial charge >= 0.3 is 0 Å². The highest BCUT2D eigenvalue weighted by molar-refractivity contribution is 6.30. The van der Waals surface area contributed by atoms with Crippen molar-refractivity contribution in [1.29, 1.82) is 0 Å². The van der Waals surface area contributed by atoms with Crippen molar-refractivity contribution in [2.24, 2.45) is 11.8 Å². The second-order valence-electron chi connectivity index (χ2n) is 6.69. The van der Waals surface area contributed by atoms with Crippen molar-refractivity contribution >= 4 is 11.6 Å². The predicted octanol–water partition coefficient (Wildman–Crippen LogP) is 5.00. The molecule has 20 heavy (non-hydrogen) atoms. The SMILES string of the molecule is CCC1CCC(CNC2CC2)C(c2ccc(Cl)cc2)C1. The minimum atomic E-state index is 0.720. The van der Waals surface area contributed by atoms with E-state index in [0.29, 0.717) is 0 Å². The minimum Gasteiger partial charge on any atom is -0.314 e. The zero-order valence-corrected chi connectivity index (χ0v) is 13.2. The quantitative estimate of drug-likeness (QED) is 0.805. The van der Waals surface area contributed by atoms with Crippen LogP contribution >= 0.6 is 11.6 Å². The van der Waals surface area contributed by atoms with Gasteiger partial charge in [-0.2, -0.15) is 0 Å². The Morgan fingerprint density at radius 3 is 2.50 bits per heavy atom. The molecule has 2 heteroatoms. The molecule has 0 bridgehead atoms. The molecule has 0 amide bonds. The van der Waals surface area contributed by atoms with Crippen LogP contribution in [-0.2, 0) is 0 Å². The molecule has 0 spiro atoms. The van der Waals surface area contributed by atoms with Crippen LogP contribution in [0.3, 0.4) is 0 Å². The molecule has 3 rings (SSSR count). The van der Waals surface area contributed by atoms with Crippen molar-refractivity contribution in [2.45, 2.75) is 57.4 Å². The Bertz CT molecular complexity index is 424. The predicted molar refractivity (Wildman–Crippen MR) is 86.3 cm³/mol. The maximum Gasteiger partial charge on any atom is 0.0406 e. The van der Waals surface area contributed by atoms with Crippen LogP contribution in [0.1, 0.15) is 56.9 Å². The van der Waals surface area contributed by atoms with Crippen LogP contribution in [0.15, 0.2) is 24.3 Å². The van der Waals surface area contributed by atoms with E-state index in [1.807, 2.05) is 0 Å². The fourth-order valence-electron chi connectivity index (χ4n) is 3.66. The van der Waals surface area contributed by atoms with Gasteiger partial charge in [0.25, 0.3) is 0 Å². The standard InChI is InChI=1S/C18H26ClN/c1-2-13-3-4-15(12-20-17-9-10-17)18(11-13)14-5-7-16(19)8-6-14/h5-8,13,15,17-18,20H,2-4,9-12H2,1H3. The number of rotatable bonds is 5. The summed E-state index contributed by atoms with van der Waals surface area (Å²) in [7, 11) is 0. The van der Waals surface area contributed by atoms with Crippen molar-refractivity contribution in [3.8, 4) is 0 Å². The minimum absolute atomic E-state index is 0.720. The molecule has 0 heterocycles. The maximum absolute atomic E-state index is 6.04. The van der Waals surface area contributed by atoms with E-state index in [0.717, 1.165) is 28.8 Å². The lowest BCUT2D eigenvalue weighted by Crippen LogP contribution is -2.33. The highest BCUT2D eigenvalue weighted by Gasteiger charge is 2.32. The summed E-state index contributed by atoms with van der Waals surface area (Å²) in [5.74, 6) is 2.43. The molecule has 2 fully saturated rings. The maximum atomic E-state index is 6.04. The molecule has 1 aromatic carbocycles. The van der Waals surface area contributed by atoms with Crippen molar-refractivity contribution < 1.29 is 0 Å². The summed E-state index contributed by atoms with van der Waals surface area (Å²) in [5.41, 5.74) is 1.50. The van der Waals surface area contributed by atoms with E-state index in [1.54, 1.807) is 0 Å². The van der Waals surface area contributed by atoms with Gasteiger partial charge in [-0.15, -0.1) is 0 Å². The topological polar surface area (TPSA) is 12.0 Å². The van der Waals surface area contributed by atoms with Crippen LogP contribution in [0.4, 0.5) is 0 Å². The summed E-state index contributed by atoms with van der Waals surface area (Å²) < 4.78 is 0. The summed E-state index contributed by atoms with van der Waals surface area (Å²) in [6.07, 6.45) is 8.25. The van der Waals surface area contributed by atoms with Gasteiger partial charge in [-0.25, -0.2) is 0 Å². The Labute approximate surface area is 128 Å². The molecular weight excluding hydrogens is 266 g/mol. The van der Waals surface area contributed by atoms with Gasteiger partial charge in [0.05, 0.1) is 0 Å². The molecule has 0 aliphatic heterocycles. The molecule has 1 aromatic rings. The second-order valence-corrected chi connectivity index (χ2v) is 7.12. The fraction of sp³-hybridized carbons (Fsp3) is 0.667. The third kappa shape index (κ3) is 3.56. The molecule has 0 aromatic heterocycles. The van der Waals surface area contributed by atoms with E-state index in [-0.39, 0.29) is 0 Å². The average molecular weight is 292 g/mol. The first kappa shape index (κ1) is 14.4. The van der Waals surface area contributed by atoms with Gasteiger partial charge in [-0.05, 0) is 67.7 Å². The summed E-state index contributed by atoms with van der Waals surface area (Å²) in [6, 6.07) is 9.42. The number of hydrogen-bond donors (Lipinski definition) is 1. The molecule has 1 N–H and O–H groups in total. The summed E-state index contributed by atoms with van der Waals surface area (Å²) in [4.78, 5) is 0. The first-order valence-corrected chi connectivity index (χ1v) is 8.63. The van der Waals surface area contributed by atoms with Crippen molar-refractivity contribution in [2.75, 3.05) is 6.54 Å². The average Bonchev–Trinajstić information content (AvgIpc) is 3.30. The number of halogens is 1. The molecule has 110 valence electrons. The van der Waals surface area contributed by atoms with Gasteiger partial charge in [0.15, 0.2) is 0 Å². The van der Waals surface area contributed by atoms with Crippen LogP contribution in [0.5, 0.6) is 0 Å². The van der Waals surface area contributed by atoms with Crippen LogP contribution in [0, 0.1) is 11.8 Å². The highest BCUT2D eigenvalue weighted by Crippen LogP contribution is 2.42. The summed E-state index contributed by atoms with van der Waals surface area (Å²) in [5, 5.41) is 4.60. The van der Waals surface area contributed by atoms with E-state index in [1.165, 1.54) is 50.6 Å². The van der Waals surface area contributed by atoms with Gasteiger partial charge in [0.2, 0.25) is 0 Å². The highest BCUT2D eigenvalue weighted by atomic mass is 35.5. The van der Waals surface area contributed by atoms with E-state index < -0.39 is 0 Å². The molecular formula is C18H26ClN.